The minimum atomic E-state index is -0.313. The summed E-state index contributed by atoms with van der Waals surface area (Å²) >= 11 is 6.30. The van der Waals surface area contributed by atoms with Gasteiger partial charge in [0, 0.05) is 6.54 Å². The monoisotopic (exact) mass is 323 g/mol. The highest BCUT2D eigenvalue weighted by Crippen LogP contribution is 2.19. The highest BCUT2D eigenvalue weighted by molar-refractivity contribution is 6.32. The smallest absolute Gasteiger partial charge is 0.274 e. The van der Waals surface area contributed by atoms with E-state index in [4.69, 9.17) is 11.6 Å². The maximum Gasteiger partial charge on any atom is 0.274 e. The van der Waals surface area contributed by atoms with Gasteiger partial charge in [-0.05, 0) is 19.8 Å². The number of aromatic nitrogens is 5. The van der Waals surface area contributed by atoms with Crippen LogP contribution in [0.15, 0.2) is 9.90 Å². The lowest BCUT2D eigenvalue weighted by atomic mass is 10.2. The summed E-state index contributed by atoms with van der Waals surface area (Å²) in [5.41, 5.74) is 4.09. The number of aryl methyl sites for hydroxylation is 2. The second-order valence-corrected chi connectivity index (χ2v) is 5.68. The standard InChI is InChI=1S/C13H18ClN7O/c1-7(2)6-21-11(14)10(8(3)20-21)5-15-18-13-16-12(22)9(4)17-19-13/h5,7H,6H2,1-4H3,(H2,16,18,19,22)/b15-5-. The van der Waals surface area contributed by atoms with E-state index in [0.29, 0.717) is 16.8 Å². The van der Waals surface area contributed by atoms with Crippen LogP contribution in [-0.4, -0.2) is 31.2 Å². The van der Waals surface area contributed by atoms with E-state index in [0.717, 1.165) is 17.8 Å². The lowest BCUT2D eigenvalue weighted by Gasteiger charge is -2.05. The third-order valence-electron chi connectivity index (χ3n) is 2.87. The van der Waals surface area contributed by atoms with Crippen LogP contribution in [0.4, 0.5) is 5.95 Å². The van der Waals surface area contributed by atoms with E-state index in [2.05, 4.69) is 44.7 Å². The number of H-pyrrole nitrogens is 1. The first-order chi connectivity index (χ1) is 10.4. The number of nitrogens with one attached hydrogen (secondary N) is 2. The van der Waals surface area contributed by atoms with Gasteiger partial charge in [0.25, 0.3) is 5.56 Å². The highest BCUT2D eigenvalue weighted by Gasteiger charge is 2.12. The normalized spacial score (nSPS) is 11.5. The first-order valence-electron chi connectivity index (χ1n) is 6.84. The number of rotatable bonds is 5. The number of hydrazone groups is 1. The molecule has 0 aliphatic heterocycles. The Labute approximate surface area is 132 Å². The minimum absolute atomic E-state index is 0.162. The molecule has 0 aromatic carbocycles. The van der Waals surface area contributed by atoms with Crippen LogP contribution in [0.1, 0.15) is 30.8 Å². The van der Waals surface area contributed by atoms with Crippen molar-refractivity contribution in [3.05, 3.63) is 32.5 Å². The van der Waals surface area contributed by atoms with Gasteiger partial charge in [-0.15, -0.1) is 10.2 Å². The molecular weight excluding hydrogens is 306 g/mol. The average molecular weight is 324 g/mol. The van der Waals surface area contributed by atoms with Gasteiger partial charge in [-0.3, -0.25) is 14.5 Å². The van der Waals surface area contributed by atoms with E-state index in [1.807, 2.05) is 6.92 Å². The second kappa shape index (κ2) is 6.69. The van der Waals surface area contributed by atoms with Gasteiger partial charge in [-0.2, -0.15) is 10.2 Å². The predicted molar refractivity (Wildman–Crippen MR) is 85.4 cm³/mol. The Morgan fingerprint density at radius 2 is 2.09 bits per heavy atom. The molecule has 118 valence electrons. The van der Waals surface area contributed by atoms with E-state index in [1.165, 1.54) is 0 Å². The molecule has 0 amide bonds. The van der Waals surface area contributed by atoms with Gasteiger partial charge in [-0.1, -0.05) is 25.4 Å². The molecule has 22 heavy (non-hydrogen) atoms. The molecule has 0 atom stereocenters. The predicted octanol–water partition coefficient (Wildman–Crippen LogP) is 1.73. The molecule has 0 bridgehead atoms. The zero-order valence-electron chi connectivity index (χ0n) is 12.9. The van der Waals surface area contributed by atoms with Crippen LogP contribution in [0, 0.1) is 19.8 Å². The molecule has 9 heteroatoms. The summed E-state index contributed by atoms with van der Waals surface area (Å²) in [5.74, 6) is 0.600. The maximum absolute atomic E-state index is 11.4. The van der Waals surface area contributed by atoms with Crippen LogP contribution in [0.3, 0.4) is 0 Å². The van der Waals surface area contributed by atoms with Crippen LogP contribution in [0.2, 0.25) is 5.15 Å². The molecule has 0 unspecified atom stereocenters. The molecule has 0 saturated carbocycles. The molecule has 2 aromatic heterocycles. The number of hydrogen-bond acceptors (Lipinski definition) is 6. The molecule has 2 aromatic rings. The van der Waals surface area contributed by atoms with Crippen molar-refractivity contribution >= 4 is 23.8 Å². The van der Waals surface area contributed by atoms with Crippen molar-refractivity contribution in [1.82, 2.24) is 25.0 Å². The quantitative estimate of drug-likeness (QED) is 0.644. The summed E-state index contributed by atoms with van der Waals surface area (Å²) in [6.07, 6.45) is 1.54. The van der Waals surface area contributed by atoms with Crippen LogP contribution in [0.5, 0.6) is 0 Å². The molecule has 2 rings (SSSR count). The maximum atomic E-state index is 11.4. The molecule has 0 aliphatic rings. The largest absolute Gasteiger partial charge is 0.288 e. The van der Waals surface area contributed by atoms with Crippen LogP contribution in [0.25, 0.3) is 0 Å². The zero-order valence-corrected chi connectivity index (χ0v) is 13.6. The number of aromatic amines is 1. The highest BCUT2D eigenvalue weighted by atomic mass is 35.5. The van der Waals surface area contributed by atoms with E-state index >= 15 is 0 Å². The Morgan fingerprint density at radius 1 is 1.36 bits per heavy atom. The van der Waals surface area contributed by atoms with E-state index in [9.17, 15) is 4.79 Å². The zero-order chi connectivity index (χ0) is 16.3. The van der Waals surface area contributed by atoms with Crippen molar-refractivity contribution in [3.63, 3.8) is 0 Å². The molecule has 0 spiro atoms. The second-order valence-electron chi connectivity index (χ2n) is 5.32. The first kappa shape index (κ1) is 16.2. The first-order valence-corrected chi connectivity index (χ1v) is 7.22. The Bertz CT molecular complexity index is 747. The molecule has 0 aliphatic carbocycles. The fraction of sp³-hybridized carbons (Fsp3) is 0.462. The van der Waals surface area contributed by atoms with Crippen molar-refractivity contribution < 1.29 is 0 Å². The fourth-order valence-electron chi connectivity index (χ4n) is 1.78. The van der Waals surface area contributed by atoms with Crippen molar-refractivity contribution in [3.8, 4) is 0 Å². The van der Waals surface area contributed by atoms with Gasteiger partial charge in [0.05, 0.1) is 17.5 Å². The number of hydrogen-bond donors (Lipinski definition) is 2. The Morgan fingerprint density at radius 3 is 2.73 bits per heavy atom. The summed E-state index contributed by atoms with van der Waals surface area (Å²) in [7, 11) is 0. The number of halogens is 1. The van der Waals surface area contributed by atoms with Crippen LogP contribution in [-0.2, 0) is 6.54 Å². The SMILES string of the molecule is Cc1nn(CC(C)C)c(Cl)c1/C=N\Nc1nnc(C)c(=O)[nH]1. The topological polar surface area (TPSA) is 101 Å². The lowest BCUT2D eigenvalue weighted by molar-refractivity contribution is 0.482. The Kier molecular flexibility index (Phi) is 4.92. The third-order valence-corrected chi connectivity index (χ3v) is 3.27. The molecule has 0 saturated heterocycles. The summed E-state index contributed by atoms with van der Waals surface area (Å²) in [6, 6.07) is 0. The van der Waals surface area contributed by atoms with E-state index in [1.54, 1.807) is 17.8 Å². The van der Waals surface area contributed by atoms with Gasteiger partial charge < -0.3 is 0 Å². The molecule has 0 fully saturated rings. The van der Waals surface area contributed by atoms with Gasteiger partial charge >= 0.3 is 0 Å². The molecule has 8 nitrogen and oxygen atoms in total. The van der Waals surface area contributed by atoms with E-state index < -0.39 is 0 Å². The third kappa shape index (κ3) is 3.70. The Hall–Kier alpha value is -2.22. The van der Waals surface area contributed by atoms with E-state index in [-0.39, 0.29) is 11.5 Å². The molecular formula is C13H18ClN7O. The van der Waals surface area contributed by atoms with Gasteiger partial charge in [0.2, 0.25) is 5.95 Å². The summed E-state index contributed by atoms with van der Waals surface area (Å²) in [5, 5.41) is 16.4. The van der Waals surface area contributed by atoms with Crippen molar-refractivity contribution in [2.24, 2.45) is 11.0 Å². The molecule has 0 radical (unpaired) electrons. The van der Waals surface area contributed by atoms with Crippen LogP contribution < -0.4 is 11.0 Å². The van der Waals surface area contributed by atoms with Crippen LogP contribution >= 0.6 is 11.6 Å². The minimum Gasteiger partial charge on any atom is -0.288 e. The summed E-state index contributed by atoms with van der Waals surface area (Å²) in [4.78, 5) is 13.9. The lowest BCUT2D eigenvalue weighted by Crippen LogP contribution is -2.15. The Balaban J connectivity index is 2.14. The fourth-order valence-corrected chi connectivity index (χ4v) is 2.07. The number of nitrogens with zero attached hydrogens (tertiary/aromatic N) is 5. The van der Waals surface area contributed by atoms with Gasteiger partial charge in [-0.25, -0.2) is 5.43 Å². The molecule has 2 N–H and O–H groups in total. The van der Waals surface area contributed by atoms with Gasteiger partial charge in [0.1, 0.15) is 10.8 Å². The average Bonchev–Trinajstić information content (AvgIpc) is 2.69. The van der Waals surface area contributed by atoms with Crippen molar-refractivity contribution in [1.29, 1.82) is 0 Å². The number of anilines is 1. The summed E-state index contributed by atoms with van der Waals surface area (Å²) in [6.45, 7) is 8.35. The summed E-state index contributed by atoms with van der Waals surface area (Å²) < 4.78 is 1.75. The molecule has 2 heterocycles. The van der Waals surface area contributed by atoms with Crippen molar-refractivity contribution in [2.75, 3.05) is 5.43 Å². The van der Waals surface area contributed by atoms with Crippen molar-refractivity contribution in [2.45, 2.75) is 34.2 Å². The van der Waals surface area contributed by atoms with Gasteiger partial charge in [0.15, 0.2) is 0 Å².